The van der Waals surface area contributed by atoms with E-state index in [4.69, 9.17) is 5.73 Å². The maximum absolute atomic E-state index is 6.30. The summed E-state index contributed by atoms with van der Waals surface area (Å²) in [4.78, 5) is 0. The van der Waals surface area contributed by atoms with Crippen molar-refractivity contribution in [2.24, 2.45) is 5.73 Å². The lowest BCUT2D eigenvalue weighted by atomic mass is 9.82. The Bertz CT molecular complexity index is 1220. The predicted molar refractivity (Wildman–Crippen MR) is 122 cm³/mol. The molecule has 0 saturated heterocycles. The normalized spacial score (nSPS) is 21.6. The van der Waals surface area contributed by atoms with Gasteiger partial charge in [0.1, 0.15) is 0 Å². The first kappa shape index (κ1) is 17.1. The van der Waals surface area contributed by atoms with Crippen molar-refractivity contribution >= 4 is 17.0 Å². The van der Waals surface area contributed by atoms with Crippen LogP contribution in [0.2, 0.25) is 0 Å². The molecule has 1 unspecified atom stereocenters. The summed E-state index contributed by atoms with van der Waals surface area (Å²) in [6, 6.07) is 14.4. The quantitative estimate of drug-likeness (QED) is 0.482. The zero-order chi connectivity index (χ0) is 19.8. The van der Waals surface area contributed by atoms with Gasteiger partial charge in [-0.3, -0.25) is 0 Å². The van der Waals surface area contributed by atoms with E-state index in [0.717, 1.165) is 25.0 Å². The van der Waals surface area contributed by atoms with Gasteiger partial charge in [-0.2, -0.15) is 0 Å². The number of nitrogens with zero attached hydrogens (tertiary/aromatic N) is 1. The van der Waals surface area contributed by atoms with Crippen LogP contribution in [0.25, 0.3) is 28.1 Å². The molecule has 2 nitrogen and oxygen atoms in total. The number of nitrogens with two attached hydrogens (primary N) is 1. The molecule has 1 heterocycles. The van der Waals surface area contributed by atoms with Crippen LogP contribution < -0.4 is 5.73 Å². The molecule has 6 rings (SSSR count). The Morgan fingerprint density at radius 2 is 1.86 bits per heavy atom. The number of aromatic nitrogens is 1. The zero-order valence-corrected chi connectivity index (χ0v) is 17.3. The molecule has 0 bridgehead atoms. The molecule has 3 aromatic rings. The van der Waals surface area contributed by atoms with Gasteiger partial charge in [-0.05, 0) is 72.6 Å². The van der Waals surface area contributed by atoms with Gasteiger partial charge in [0.2, 0.25) is 0 Å². The average molecular weight is 381 g/mol. The highest BCUT2D eigenvalue weighted by Crippen LogP contribution is 2.51. The molecule has 2 N–H and O–H groups in total. The molecule has 3 aliphatic carbocycles. The van der Waals surface area contributed by atoms with Crippen LogP contribution in [0.15, 0.2) is 54.2 Å². The van der Waals surface area contributed by atoms with E-state index in [1.54, 1.807) is 0 Å². The molecule has 29 heavy (non-hydrogen) atoms. The number of hydrogen-bond acceptors (Lipinski definition) is 1. The third kappa shape index (κ3) is 2.29. The summed E-state index contributed by atoms with van der Waals surface area (Å²) in [6.45, 7) is 4.75. The number of benzene rings is 2. The molecule has 0 spiro atoms. The number of rotatable bonds is 1. The fourth-order valence-electron chi connectivity index (χ4n) is 5.95. The molecule has 0 saturated carbocycles. The van der Waals surface area contributed by atoms with Crippen LogP contribution in [0.1, 0.15) is 68.0 Å². The molecule has 2 aromatic carbocycles. The largest absolute Gasteiger partial charge is 0.402 e. The topological polar surface area (TPSA) is 30.9 Å². The standard InChI is InChI=1S/C27H28N2/c1-27(2)23-11-7-6-10-19(23)20-15-22-21-14-17(28)12-13-25(21)29(26(22)16-24(20)27)18-8-4-3-5-9-18/h3-4,6-7,10-11,14-16,18H,5,8-9,12-13,28H2,1-2H3. The lowest BCUT2D eigenvalue weighted by Gasteiger charge is -2.26. The van der Waals surface area contributed by atoms with E-state index < -0.39 is 0 Å². The molecule has 3 aliphatic rings. The van der Waals surface area contributed by atoms with Gasteiger partial charge in [-0.25, -0.2) is 0 Å². The minimum atomic E-state index is 0.0387. The fraction of sp³-hybridized carbons (Fsp3) is 0.333. The van der Waals surface area contributed by atoms with E-state index in [2.05, 4.69) is 73.0 Å². The first-order valence-electron chi connectivity index (χ1n) is 11.0. The minimum Gasteiger partial charge on any atom is -0.402 e. The third-order valence-corrected chi connectivity index (χ3v) is 7.44. The summed E-state index contributed by atoms with van der Waals surface area (Å²) in [7, 11) is 0. The van der Waals surface area contributed by atoms with Crippen molar-refractivity contribution in [3.05, 3.63) is 76.6 Å². The number of fused-ring (bicyclic) bond motifs is 6. The molecule has 1 atom stereocenters. The van der Waals surface area contributed by atoms with Crippen LogP contribution in [-0.4, -0.2) is 4.57 Å². The Labute approximate surface area is 172 Å². The molecule has 0 aliphatic heterocycles. The first-order chi connectivity index (χ1) is 14.1. The second kappa shape index (κ2) is 5.89. The van der Waals surface area contributed by atoms with Gasteiger partial charge in [-0.15, -0.1) is 0 Å². The minimum absolute atomic E-state index is 0.0387. The Hall–Kier alpha value is -2.74. The van der Waals surface area contributed by atoms with Gasteiger partial charge in [0.05, 0.1) is 0 Å². The lowest BCUT2D eigenvalue weighted by Crippen LogP contribution is -2.17. The van der Waals surface area contributed by atoms with E-state index in [0.29, 0.717) is 6.04 Å². The van der Waals surface area contributed by atoms with E-state index >= 15 is 0 Å². The Morgan fingerprint density at radius 3 is 2.69 bits per heavy atom. The summed E-state index contributed by atoms with van der Waals surface area (Å²) in [5, 5.41) is 1.38. The maximum atomic E-state index is 6.30. The van der Waals surface area contributed by atoms with Gasteiger partial charge in [0.15, 0.2) is 0 Å². The van der Waals surface area contributed by atoms with Gasteiger partial charge in [-0.1, -0.05) is 50.3 Å². The highest BCUT2D eigenvalue weighted by atomic mass is 15.0. The molecule has 2 heteroatoms. The molecular formula is C27H28N2. The van der Waals surface area contributed by atoms with Crippen molar-refractivity contribution in [2.45, 2.75) is 57.4 Å². The van der Waals surface area contributed by atoms with Crippen molar-refractivity contribution in [1.82, 2.24) is 4.57 Å². The summed E-state index contributed by atoms with van der Waals surface area (Å²) in [6.07, 6.45) is 12.5. The monoisotopic (exact) mass is 380 g/mol. The van der Waals surface area contributed by atoms with Gasteiger partial charge in [0.25, 0.3) is 0 Å². The summed E-state index contributed by atoms with van der Waals surface area (Å²) >= 11 is 0. The highest BCUT2D eigenvalue weighted by molar-refractivity contribution is 5.98. The molecule has 146 valence electrons. The van der Waals surface area contributed by atoms with Crippen molar-refractivity contribution in [3.63, 3.8) is 0 Å². The Morgan fingerprint density at radius 1 is 1.00 bits per heavy atom. The maximum Gasteiger partial charge on any atom is 0.0495 e. The summed E-state index contributed by atoms with van der Waals surface area (Å²) in [5.41, 5.74) is 17.3. The average Bonchev–Trinajstić information content (AvgIpc) is 3.17. The van der Waals surface area contributed by atoms with E-state index in [9.17, 15) is 0 Å². The fourth-order valence-corrected chi connectivity index (χ4v) is 5.95. The van der Waals surface area contributed by atoms with E-state index in [1.807, 2.05) is 0 Å². The van der Waals surface area contributed by atoms with Crippen LogP contribution in [0, 0.1) is 0 Å². The number of allylic oxidation sites excluding steroid dienone is 3. The number of hydrogen-bond donors (Lipinski definition) is 1. The van der Waals surface area contributed by atoms with Crippen molar-refractivity contribution in [3.8, 4) is 11.1 Å². The zero-order valence-electron chi connectivity index (χ0n) is 17.3. The lowest BCUT2D eigenvalue weighted by molar-refractivity contribution is 0.459. The van der Waals surface area contributed by atoms with Crippen LogP contribution in [0.3, 0.4) is 0 Å². The third-order valence-electron chi connectivity index (χ3n) is 7.44. The van der Waals surface area contributed by atoms with Gasteiger partial charge >= 0.3 is 0 Å². The van der Waals surface area contributed by atoms with Crippen molar-refractivity contribution in [1.29, 1.82) is 0 Å². The van der Waals surface area contributed by atoms with E-state index in [-0.39, 0.29) is 5.41 Å². The predicted octanol–water partition coefficient (Wildman–Crippen LogP) is 6.47. The van der Waals surface area contributed by atoms with Crippen molar-refractivity contribution in [2.75, 3.05) is 0 Å². The Balaban J connectivity index is 1.69. The summed E-state index contributed by atoms with van der Waals surface area (Å²) in [5.74, 6) is 0. The smallest absolute Gasteiger partial charge is 0.0495 e. The molecule has 1 aromatic heterocycles. The second-order valence-electron chi connectivity index (χ2n) is 9.47. The van der Waals surface area contributed by atoms with Crippen LogP contribution >= 0.6 is 0 Å². The second-order valence-corrected chi connectivity index (χ2v) is 9.47. The SMILES string of the molecule is CC1(C)c2ccccc2-c2cc3c4c(n(C5CC=CCC5)c3cc21)CCC(N)=C4. The van der Waals surface area contributed by atoms with Gasteiger partial charge in [0, 0.05) is 39.3 Å². The van der Waals surface area contributed by atoms with E-state index in [1.165, 1.54) is 57.3 Å². The molecule has 0 radical (unpaired) electrons. The van der Waals surface area contributed by atoms with Crippen LogP contribution in [0.5, 0.6) is 0 Å². The van der Waals surface area contributed by atoms with Crippen LogP contribution in [0.4, 0.5) is 0 Å². The first-order valence-corrected chi connectivity index (χ1v) is 11.0. The summed E-state index contributed by atoms with van der Waals surface area (Å²) < 4.78 is 2.68. The van der Waals surface area contributed by atoms with Gasteiger partial charge < -0.3 is 10.3 Å². The molecular weight excluding hydrogens is 352 g/mol. The highest BCUT2D eigenvalue weighted by Gasteiger charge is 2.36. The molecule has 0 fully saturated rings. The van der Waals surface area contributed by atoms with Crippen molar-refractivity contribution < 1.29 is 0 Å². The Kier molecular flexibility index (Phi) is 3.48. The molecule has 0 amide bonds. The van der Waals surface area contributed by atoms with Crippen LogP contribution in [-0.2, 0) is 11.8 Å².